The fourth-order valence-corrected chi connectivity index (χ4v) is 2.82. The number of ether oxygens (including phenoxy) is 2. The molecule has 3 aromatic rings. The molecule has 9 nitrogen and oxygen atoms in total. The van der Waals surface area contributed by atoms with Gasteiger partial charge in [-0.25, -0.2) is 9.98 Å². The van der Waals surface area contributed by atoms with Gasteiger partial charge in [0.15, 0.2) is 11.7 Å². The Labute approximate surface area is 192 Å². The van der Waals surface area contributed by atoms with E-state index in [9.17, 15) is 0 Å². The molecule has 0 aliphatic rings. The number of aromatic nitrogens is 3. The number of aromatic amines is 1. The molecule has 0 amide bonds. The third-order valence-corrected chi connectivity index (χ3v) is 4.26. The molecule has 30 heavy (non-hydrogen) atoms. The number of hydrogen-bond donors (Lipinski definition) is 3. The molecule has 3 N–H and O–H groups in total. The van der Waals surface area contributed by atoms with E-state index in [1.165, 1.54) is 0 Å². The van der Waals surface area contributed by atoms with Gasteiger partial charge in [-0.1, -0.05) is 0 Å². The lowest BCUT2D eigenvalue weighted by Crippen LogP contribution is -2.38. The number of halogens is 1. The summed E-state index contributed by atoms with van der Waals surface area (Å²) in [6, 6.07) is 9.25. The fourth-order valence-electron chi connectivity index (χ4n) is 2.82. The van der Waals surface area contributed by atoms with Crippen LogP contribution in [0.4, 0.5) is 0 Å². The van der Waals surface area contributed by atoms with Gasteiger partial charge in [-0.15, -0.1) is 29.1 Å². The number of nitrogens with zero attached hydrogens (tertiary/aromatic N) is 3. The molecular weight excluding hydrogens is 499 g/mol. The average Bonchev–Trinajstić information content (AvgIpc) is 3.43. The Morgan fingerprint density at radius 2 is 2.10 bits per heavy atom. The third kappa shape index (κ3) is 5.88. The molecule has 3 rings (SSSR count). The van der Waals surface area contributed by atoms with Gasteiger partial charge in [-0.05, 0) is 44.2 Å². The van der Waals surface area contributed by atoms with Crippen molar-refractivity contribution in [2.24, 2.45) is 4.99 Å². The molecular formula is C20H27IN6O3. The fraction of sp³-hybridized carbons (Fsp3) is 0.350. The summed E-state index contributed by atoms with van der Waals surface area (Å²) in [4.78, 5) is 9.01. The first-order valence-electron chi connectivity index (χ1n) is 9.36. The molecule has 1 unspecified atom stereocenters. The van der Waals surface area contributed by atoms with Crippen molar-refractivity contribution in [3.8, 4) is 23.1 Å². The van der Waals surface area contributed by atoms with Crippen molar-refractivity contribution >= 4 is 29.9 Å². The zero-order valence-corrected chi connectivity index (χ0v) is 19.8. The Bertz CT molecular complexity index is 942. The van der Waals surface area contributed by atoms with Crippen LogP contribution in [0.25, 0.3) is 11.6 Å². The minimum Gasteiger partial charge on any atom is -0.497 e. The van der Waals surface area contributed by atoms with E-state index in [1.54, 1.807) is 26.5 Å². The summed E-state index contributed by atoms with van der Waals surface area (Å²) >= 11 is 0. The van der Waals surface area contributed by atoms with Crippen LogP contribution >= 0.6 is 24.0 Å². The van der Waals surface area contributed by atoms with Crippen molar-refractivity contribution < 1.29 is 13.9 Å². The molecule has 0 bridgehead atoms. The molecule has 1 atom stereocenters. The van der Waals surface area contributed by atoms with Crippen molar-refractivity contribution in [2.75, 3.05) is 20.8 Å². The summed E-state index contributed by atoms with van der Waals surface area (Å²) in [6.07, 6.45) is 1.59. The number of nitrogens with one attached hydrogen (secondary N) is 3. The summed E-state index contributed by atoms with van der Waals surface area (Å²) in [5.41, 5.74) is 0.970. The lowest BCUT2D eigenvalue weighted by Gasteiger charge is -2.20. The SMILES string of the molecule is CCNC(=NCc1nc(-c2ccco2)n[nH]1)NC(C)c1cc(OC)ccc1OC.I. The minimum absolute atomic E-state index is 0. The highest BCUT2D eigenvalue weighted by molar-refractivity contribution is 14.0. The van der Waals surface area contributed by atoms with Crippen LogP contribution in [-0.4, -0.2) is 41.9 Å². The molecule has 0 aliphatic carbocycles. The van der Waals surface area contributed by atoms with Crippen LogP contribution in [-0.2, 0) is 6.54 Å². The second kappa shape index (κ2) is 11.4. The number of furan rings is 1. The van der Waals surface area contributed by atoms with Gasteiger partial charge in [-0.3, -0.25) is 5.10 Å². The molecule has 0 saturated carbocycles. The smallest absolute Gasteiger partial charge is 0.216 e. The Kier molecular flexibility index (Phi) is 8.96. The number of hydrogen-bond acceptors (Lipinski definition) is 6. The van der Waals surface area contributed by atoms with Crippen molar-refractivity contribution in [3.05, 3.63) is 48.0 Å². The third-order valence-electron chi connectivity index (χ3n) is 4.26. The molecule has 0 radical (unpaired) electrons. The molecule has 1 aromatic carbocycles. The lowest BCUT2D eigenvalue weighted by atomic mass is 10.1. The Balaban J connectivity index is 0.00000320. The van der Waals surface area contributed by atoms with E-state index < -0.39 is 0 Å². The van der Waals surface area contributed by atoms with Crippen LogP contribution in [0.15, 0.2) is 46.0 Å². The van der Waals surface area contributed by atoms with Gasteiger partial charge in [0.05, 0.1) is 26.5 Å². The van der Waals surface area contributed by atoms with Crippen LogP contribution < -0.4 is 20.1 Å². The number of benzene rings is 1. The summed E-state index contributed by atoms with van der Waals surface area (Å²) in [5.74, 6) is 3.96. The van der Waals surface area contributed by atoms with E-state index in [0.29, 0.717) is 29.9 Å². The maximum Gasteiger partial charge on any atom is 0.216 e. The van der Waals surface area contributed by atoms with Crippen LogP contribution in [0.5, 0.6) is 11.5 Å². The quantitative estimate of drug-likeness (QED) is 0.234. The van der Waals surface area contributed by atoms with Gasteiger partial charge in [-0.2, -0.15) is 0 Å². The summed E-state index contributed by atoms with van der Waals surface area (Å²) < 4.78 is 16.1. The number of methoxy groups -OCH3 is 2. The first-order chi connectivity index (χ1) is 14.1. The molecule has 2 aromatic heterocycles. The van der Waals surface area contributed by atoms with Crippen LogP contribution in [0.2, 0.25) is 0 Å². The second-order valence-electron chi connectivity index (χ2n) is 6.25. The van der Waals surface area contributed by atoms with E-state index in [4.69, 9.17) is 13.9 Å². The van der Waals surface area contributed by atoms with Gasteiger partial charge < -0.3 is 24.5 Å². The Hall–Kier alpha value is -2.76. The van der Waals surface area contributed by atoms with Gasteiger partial charge in [0, 0.05) is 12.1 Å². The van der Waals surface area contributed by atoms with Crippen molar-refractivity contribution in [1.82, 2.24) is 25.8 Å². The number of aliphatic imine (C=N–C) groups is 1. The molecule has 162 valence electrons. The number of rotatable bonds is 8. The van der Waals surface area contributed by atoms with Crippen molar-refractivity contribution in [1.29, 1.82) is 0 Å². The van der Waals surface area contributed by atoms with Crippen LogP contribution in [0.3, 0.4) is 0 Å². The van der Waals surface area contributed by atoms with E-state index in [1.807, 2.05) is 38.1 Å². The highest BCUT2D eigenvalue weighted by Crippen LogP contribution is 2.29. The summed E-state index contributed by atoms with van der Waals surface area (Å²) in [5, 5.41) is 13.7. The molecule has 10 heteroatoms. The monoisotopic (exact) mass is 526 g/mol. The molecule has 0 saturated heterocycles. The number of H-pyrrole nitrogens is 1. The first kappa shape index (κ1) is 23.5. The lowest BCUT2D eigenvalue weighted by molar-refractivity contribution is 0.394. The standard InChI is InChI=1S/C20H26N6O3.HI/c1-5-21-20(22-12-18-24-19(26-25-18)17-7-6-10-29-17)23-13(2)15-11-14(27-3)8-9-16(15)28-4;/h6-11,13H,5,12H2,1-4H3,(H2,21,22,23)(H,24,25,26);1H. The van der Waals surface area contributed by atoms with Gasteiger partial charge >= 0.3 is 0 Å². The average molecular weight is 526 g/mol. The predicted molar refractivity (Wildman–Crippen MR) is 125 cm³/mol. The second-order valence-corrected chi connectivity index (χ2v) is 6.25. The van der Waals surface area contributed by atoms with Crippen molar-refractivity contribution in [3.63, 3.8) is 0 Å². The molecule has 0 aliphatic heterocycles. The maximum atomic E-state index is 5.49. The van der Waals surface area contributed by atoms with E-state index >= 15 is 0 Å². The zero-order chi connectivity index (χ0) is 20.6. The summed E-state index contributed by atoms with van der Waals surface area (Å²) in [7, 11) is 3.29. The maximum absolute atomic E-state index is 5.49. The zero-order valence-electron chi connectivity index (χ0n) is 17.4. The van der Waals surface area contributed by atoms with Gasteiger partial charge in [0.1, 0.15) is 23.9 Å². The largest absolute Gasteiger partial charge is 0.497 e. The van der Waals surface area contributed by atoms with Gasteiger partial charge in [0.25, 0.3) is 0 Å². The predicted octanol–water partition coefficient (Wildman–Crippen LogP) is 3.52. The van der Waals surface area contributed by atoms with Gasteiger partial charge in [0.2, 0.25) is 5.82 Å². The molecule has 2 heterocycles. The highest BCUT2D eigenvalue weighted by Gasteiger charge is 2.15. The van der Waals surface area contributed by atoms with Crippen LogP contribution in [0.1, 0.15) is 31.3 Å². The number of guanidine groups is 1. The van der Waals surface area contributed by atoms with E-state index in [0.717, 1.165) is 23.6 Å². The molecule has 0 fully saturated rings. The first-order valence-corrected chi connectivity index (χ1v) is 9.36. The Morgan fingerprint density at radius 1 is 1.27 bits per heavy atom. The normalized spacial score (nSPS) is 12.1. The molecule has 0 spiro atoms. The topological polar surface area (TPSA) is 110 Å². The minimum atomic E-state index is -0.0637. The van der Waals surface area contributed by atoms with E-state index in [2.05, 4.69) is 30.8 Å². The van der Waals surface area contributed by atoms with Crippen molar-refractivity contribution in [2.45, 2.75) is 26.4 Å². The summed E-state index contributed by atoms with van der Waals surface area (Å²) in [6.45, 7) is 5.11. The van der Waals surface area contributed by atoms with Crippen LogP contribution in [0, 0.1) is 0 Å². The highest BCUT2D eigenvalue weighted by atomic mass is 127. The van der Waals surface area contributed by atoms with E-state index in [-0.39, 0.29) is 30.0 Å². The Morgan fingerprint density at radius 3 is 2.77 bits per heavy atom.